The van der Waals surface area contributed by atoms with Crippen LogP contribution in [0.3, 0.4) is 0 Å². The van der Waals surface area contributed by atoms with E-state index in [4.69, 9.17) is 23.2 Å². The van der Waals surface area contributed by atoms with E-state index in [1.54, 1.807) is 48.5 Å². The maximum Gasteiger partial charge on any atom is 0.257 e. The van der Waals surface area contributed by atoms with Gasteiger partial charge in [-0.25, -0.2) is 0 Å². The number of anilines is 1. The van der Waals surface area contributed by atoms with Gasteiger partial charge in [0.15, 0.2) is 0 Å². The first-order chi connectivity index (χ1) is 13.9. The number of nitrogens with zero attached hydrogens (tertiary/aromatic N) is 1. The highest BCUT2D eigenvalue weighted by Crippen LogP contribution is 2.26. The van der Waals surface area contributed by atoms with Gasteiger partial charge in [-0.15, -0.1) is 0 Å². The van der Waals surface area contributed by atoms with Gasteiger partial charge >= 0.3 is 0 Å². The summed E-state index contributed by atoms with van der Waals surface area (Å²) in [5, 5.41) is 13.6. The van der Waals surface area contributed by atoms with Crippen LogP contribution in [0.25, 0.3) is 0 Å². The highest BCUT2D eigenvalue weighted by molar-refractivity contribution is 6.33. The monoisotopic (exact) mass is 432 g/mol. The van der Waals surface area contributed by atoms with Crippen LogP contribution in [0.1, 0.15) is 12.8 Å². The molecule has 0 aliphatic carbocycles. The minimum Gasteiger partial charge on any atom is -0.510 e. The molecule has 1 aliphatic rings. The molecule has 0 saturated carbocycles. The first kappa shape index (κ1) is 20.7. The van der Waals surface area contributed by atoms with Crippen molar-refractivity contribution in [3.63, 3.8) is 0 Å². The van der Waals surface area contributed by atoms with Gasteiger partial charge in [0.25, 0.3) is 5.91 Å². The van der Waals surface area contributed by atoms with Crippen LogP contribution in [-0.2, 0) is 9.59 Å². The number of hydrazine groups is 1. The second kappa shape index (κ2) is 9.45. The third-order valence-corrected chi connectivity index (χ3v) is 4.68. The van der Waals surface area contributed by atoms with Crippen LogP contribution in [-0.4, -0.2) is 29.2 Å². The Morgan fingerprint density at radius 3 is 2.48 bits per heavy atom. The number of hydrogen-bond acceptors (Lipinski definition) is 5. The summed E-state index contributed by atoms with van der Waals surface area (Å²) in [7, 11) is 0. The minimum absolute atomic E-state index is 0.0278. The van der Waals surface area contributed by atoms with Gasteiger partial charge in [-0.2, -0.15) is 0 Å². The van der Waals surface area contributed by atoms with Gasteiger partial charge in [0.1, 0.15) is 11.3 Å². The van der Waals surface area contributed by atoms with Crippen LogP contribution in [0.4, 0.5) is 11.4 Å². The van der Waals surface area contributed by atoms with Crippen molar-refractivity contribution >= 4 is 52.1 Å². The molecule has 0 radical (unpaired) electrons. The zero-order valence-electron chi connectivity index (χ0n) is 15.2. The summed E-state index contributed by atoms with van der Waals surface area (Å²) in [5.74, 6) is -0.862. The van der Waals surface area contributed by atoms with E-state index in [9.17, 15) is 14.7 Å². The van der Waals surface area contributed by atoms with E-state index >= 15 is 0 Å². The number of halogens is 2. The van der Waals surface area contributed by atoms with Crippen LogP contribution in [0.5, 0.6) is 0 Å². The summed E-state index contributed by atoms with van der Waals surface area (Å²) in [6.07, 6.45) is 0.167. The molecule has 2 aromatic rings. The smallest absolute Gasteiger partial charge is 0.257 e. The van der Waals surface area contributed by atoms with E-state index in [0.29, 0.717) is 21.4 Å². The van der Waals surface area contributed by atoms with E-state index in [1.165, 1.54) is 0 Å². The summed E-state index contributed by atoms with van der Waals surface area (Å²) in [6, 6.07) is 13.7. The fourth-order valence-electron chi connectivity index (χ4n) is 2.66. The second-order valence-corrected chi connectivity index (χ2v) is 7.04. The Labute approximate surface area is 177 Å². The Morgan fingerprint density at radius 1 is 1.10 bits per heavy atom. The highest BCUT2D eigenvalue weighted by Gasteiger charge is 2.27. The van der Waals surface area contributed by atoms with E-state index in [0.717, 1.165) is 0 Å². The number of carbonyl (C=O) groups is 2. The van der Waals surface area contributed by atoms with E-state index in [-0.39, 0.29) is 42.3 Å². The van der Waals surface area contributed by atoms with Gasteiger partial charge < -0.3 is 10.4 Å². The standard InChI is InChI=1S/C20H18Cl2N4O3/c21-12-5-7-13(8-6-12)25-26-18(28)10-9-16(19-17(27)11-23-20(19)29)24-15-4-2-1-3-14(15)22/h1-8,25,27H,9-11H2,(H,23,29)(H,26,28). The zero-order chi connectivity index (χ0) is 20.8. The predicted molar refractivity (Wildman–Crippen MR) is 114 cm³/mol. The lowest BCUT2D eigenvalue weighted by Gasteiger charge is -2.10. The van der Waals surface area contributed by atoms with Gasteiger partial charge in [-0.3, -0.25) is 25.4 Å². The number of para-hydroxylation sites is 1. The number of amides is 2. The SMILES string of the molecule is O=C(CCC(=Nc1ccccc1Cl)C1=C(O)CNC1=O)NNc1ccc(Cl)cc1. The molecule has 0 aromatic heterocycles. The zero-order valence-corrected chi connectivity index (χ0v) is 16.7. The molecule has 9 heteroatoms. The van der Waals surface area contributed by atoms with E-state index < -0.39 is 5.91 Å². The van der Waals surface area contributed by atoms with Crippen molar-refractivity contribution in [2.75, 3.05) is 12.0 Å². The number of aliphatic hydroxyl groups is 1. The molecule has 1 aliphatic heterocycles. The summed E-state index contributed by atoms with van der Waals surface area (Å²) >= 11 is 12.0. The molecule has 29 heavy (non-hydrogen) atoms. The molecule has 0 saturated heterocycles. The van der Waals surface area contributed by atoms with Gasteiger partial charge in [0, 0.05) is 11.4 Å². The second-order valence-electron chi connectivity index (χ2n) is 6.19. The summed E-state index contributed by atoms with van der Waals surface area (Å²) in [5.41, 5.74) is 6.83. The van der Waals surface area contributed by atoms with Gasteiger partial charge in [-0.05, 0) is 42.8 Å². The fourth-order valence-corrected chi connectivity index (χ4v) is 2.97. The molecule has 0 spiro atoms. The molecule has 4 N–H and O–H groups in total. The molecule has 7 nitrogen and oxygen atoms in total. The molecule has 0 atom stereocenters. The van der Waals surface area contributed by atoms with Crippen molar-refractivity contribution in [2.24, 2.45) is 4.99 Å². The molecule has 150 valence electrons. The maximum absolute atomic E-state index is 12.2. The molecular weight excluding hydrogens is 415 g/mol. The Kier molecular flexibility index (Phi) is 6.74. The lowest BCUT2D eigenvalue weighted by Crippen LogP contribution is -2.30. The average Bonchev–Trinajstić information content (AvgIpc) is 3.04. The number of benzene rings is 2. The third kappa shape index (κ3) is 5.49. The van der Waals surface area contributed by atoms with Crippen molar-refractivity contribution in [3.05, 3.63) is 69.9 Å². The highest BCUT2D eigenvalue weighted by atomic mass is 35.5. The Hall–Kier alpha value is -3.03. The number of aliphatic hydroxyl groups excluding tert-OH is 1. The van der Waals surface area contributed by atoms with Gasteiger partial charge in [0.2, 0.25) is 5.91 Å². The summed E-state index contributed by atoms with van der Waals surface area (Å²) in [4.78, 5) is 28.8. The van der Waals surface area contributed by atoms with E-state index in [2.05, 4.69) is 21.2 Å². The molecule has 0 fully saturated rings. The van der Waals surface area contributed by atoms with Crippen molar-refractivity contribution in [3.8, 4) is 0 Å². The van der Waals surface area contributed by atoms with Crippen LogP contribution in [0.15, 0.2) is 64.9 Å². The first-order valence-electron chi connectivity index (χ1n) is 8.77. The quantitative estimate of drug-likeness (QED) is 0.393. The molecule has 0 unspecified atom stereocenters. The molecule has 2 aromatic carbocycles. The van der Waals surface area contributed by atoms with E-state index in [1.807, 2.05) is 0 Å². The molecule has 0 bridgehead atoms. The molecule has 1 heterocycles. The van der Waals surface area contributed by atoms with Gasteiger partial charge in [-0.1, -0.05) is 35.3 Å². The largest absolute Gasteiger partial charge is 0.510 e. The summed E-state index contributed by atoms with van der Waals surface area (Å²) in [6.45, 7) is 0.0278. The predicted octanol–water partition coefficient (Wildman–Crippen LogP) is 3.93. The van der Waals surface area contributed by atoms with Crippen molar-refractivity contribution in [2.45, 2.75) is 12.8 Å². The molecular formula is C20H18Cl2N4O3. The minimum atomic E-state index is -0.437. The van der Waals surface area contributed by atoms with Crippen LogP contribution < -0.4 is 16.2 Å². The number of aliphatic imine (C=N–C) groups is 1. The van der Waals surface area contributed by atoms with Crippen LogP contribution in [0.2, 0.25) is 10.0 Å². The third-order valence-electron chi connectivity index (χ3n) is 4.11. The maximum atomic E-state index is 12.2. The van der Waals surface area contributed by atoms with Crippen molar-refractivity contribution < 1.29 is 14.7 Å². The molecule has 3 rings (SSSR count). The number of nitrogens with one attached hydrogen (secondary N) is 3. The Bertz CT molecular complexity index is 987. The Morgan fingerprint density at radius 2 is 1.83 bits per heavy atom. The number of carbonyl (C=O) groups excluding carboxylic acids is 2. The Balaban J connectivity index is 1.71. The normalized spacial score (nSPS) is 14.0. The average molecular weight is 433 g/mol. The fraction of sp³-hybridized carbons (Fsp3) is 0.150. The van der Waals surface area contributed by atoms with Crippen LogP contribution in [0, 0.1) is 0 Å². The number of rotatable bonds is 7. The number of hydrogen-bond donors (Lipinski definition) is 4. The van der Waals surface area contributed by atoms with Crippen molar-refractivity contribution in [1.82, 2.24) is 10.7 Å². The van der Waals surface area contributed by atoms with Crippen LogP contribution >= 0.6 is 23.2 Å². The molecule has 2 amide bonds. The summed E-state index contributed by atoms with van der Waals surface area (Å²) < 4.78 is 0. The lowest BCUT2D eigenvalue weighted by molar-refractivity contribution is -0.120. The lowest BCUT2D eigenvalue weighted by atomic mass is 10.0. The first-order valence-corrected chi connectivity index (χ1v) is 9.53. The van der Waals surface area contributed by atoms with Crippen molar-refractivity contribution in [1.29, 1.82) is 0 Å². The topological polar surface area (TPSA) is 103 Å². The van der Waals surface area contributed by atoms with Gasteiger partial charge in [0.05, 0.1) is 28.7 Å².